The van der Waals surface area contributed by atoms with E-state index in [0.717, 1.165) is 67.1 Å². The molecule has 8 nitrogen and oxygen atoms in total. The molecule has 0 fully saturated rings. The van der Waals surface area contributed by atoms with Crippen molar-refractivity contribution in [3.8, 4) is 22.5 Å². The third kappa shape index (κ3) is 4.42. The lowest BCUT2D eigenvalue weighted by Crippen LogP contribution is -2.39. The molecular formula is C39H32N4O4. The van der Waals surface area contributed by atoms with Crippen LogP contribution in [0.25, 0.3) is 44.6 Å². The molecule has 0 radical (unpaired) electrons. The van der Waals surface area contributed by atoms with Crippen molar-refractivity contribution in [3.63, 3.8) is 0 Å². The lowest BCUT2D eigenvalue weighted by atomic mass is 9.61. The minimum absolute atomic E-state index is 0.170. The molecule has 0 bridgehead atoms. The summed E-state index contributed by atoms with van der Waals surface area (Å²) in [5.74, 6) is -0.601. The van der Waals surface area contributed by atoms with E-state index in [1.165, 1.54) is 14.2 Å². The first kappa shape index (κ1) is 28.9. The number of benzene rings is 4. The standard InChI is InChI=1S/C39H32N4O4/c1-46-32(44)19-21-38(26-13-5-3-11-24(26)34-36(38)42-30-17-9-7-15-28(30)40-34)23-39(22-20-33(45)47-2)27-14-6-4-12-25(27)35-37(39)43-31-18-10-8-16-29(31)41-35/h3-18H,19-23H2,1-2H3. The van der Waals surface area contributed by atoms with Crippen LogP contribution >= 0.6 is 0 Å². The van der Waals surface area contributed by atoms with Gasteiger partial charge >= 0.3 is 11.9 Å². The predicted molar refractivity (Wildman–Crippen MR) is 179 cm³/mol. The van der Waals surface area contributed by atoms with Crippen LogP contribution in [0.1, 0.15) is 54.6 Å². The zero-order chi connectivity index (χ0) is 32.2. The fourth-order valence-corrected chi connectivity index (χ4v) is 7.90. The van der Waals surface area contributed by atoms with E-state index in [1.54, 1.807) is 0 Å². The second-order valence-electron chi connectivity index (χ2n) is 12.4. The smallest absolute Gasteiger partial charge is 0.305 e. The number of esters is 2. The Morgan fingerprint density at radius 3 is 1.30 bits per heavy atom. The Bertz CT molecular complexity index is 2080. The van der Waals surface area contributed by atoms with Crippen LogP contribution in [0.15, 0.2) is 97.1 Å². The average Bonchev–Trinajstić information content (AvgIpc) is 3.53. The van der Waals surface area contributed by atoms with Crippen LogP contribution in [0.5, 0.6) is 0 Å². The summed E-state index contributed by atoms with van der Waals surface area (Å²) in [7, 11) is 2.84. The number of rotatable bonds is 8. The molecule has 2 aromatic heterocycles. The normalized spacial score (nSPS) is 18.8. The van der Waals surface area contributed by atoms with Crippen molar-refractivity contribution in [1.82, 2.24) is 19.9 Å². The summed E-state index contributed by atoms with van der Waals surface area (Å²) in [6.07, 6.45) is 1.67. The molecule has 2 aliphatic carbocycles. The molecule has 232 valence electrons. The van der Waals surface area contributed by atoms with Gasteiger partial charge in [-0.25, -0.2) is 19.9 Å². The van der Waals surface area contributed by atoms with Gasteiger partial charge in [0.25, 0.3) is 0 Å². The number of carbonyl (C=O) groups is 2. The summed E-state index contributed by atoms with van der Waals surface area (Å²) < 4.78 is 10.4. The van der Waals surface area contributed by atoms with Crippen LogP contribution in [-0.2, 0) is 29.9 Å². The maximum atomic E-state index is 12.9. The van der Waals surface area contributed by atoms with Crippen molar-refractivity contribution >= 4 is 34.0 Å². The van der Waals surface area contributed by atoms with E-state index in [9.17, 15) is 9.59 Å². The zero-order valence-corrected chi connectivity index (χ0v) is 26.2. The fourth-order valence-electron chi connectivity index (χ4n) is 7.90. The second kappa shape index (κ2) is 11.1. The number of hydrogen-bond donors (Lipinski definition) is 0. The first-order valence-electron chi connectivity index (χ1n) is 15.9. The molecule has 0 amide bonds. The van der Waals surface area contributed by atoms with Crippen molar-refractivity contribution in [2.75, 3.05) is 14.2 Å². The molecule has 6 aromatic rings. The first-order valence-corrected chi connectivity index (χ1v) is 15.9. The van der Waals surface area contributed by atoms with Gasteiger partial charge < -0.3 is 9.47 Å². The van der Waals surface area contributed by atoms with E-state index in [1.807, 2.05) is 72.8 Å². The van der Waals surface area contributed by atoms with E-state index >= 15 is 0 Å². The van der Waals surface area contributed by atoms with Gasteiger partial charge in [0.1, 0.15) is 0 Å². The summed E-state index contributed by atoms with van der Waals surface area (Å²) in [6, 6.07) is 32.3. The molecule has 0 saturated carbocycles. The summed E-state index contributed by atoms with van der Waals surface area (Å²) in [4.78, 5) is 46.8. The van der Waals surface area contributed by atoms with Gasteiger partial charge in [-0.05, 0) is 54.7 Å². The lowest BCUT2D eigenvalue weighted by molar-refractivity contribution is -0.141. The Kier molecular flexibility index (Phi) is 6.83. The molecule has 8 heteroatoms. The number of aromatic nitrogens is 4. The van der Waals surface area contributed by atoms with E-state index in [-0.39, 0.29) is 24.8 Å². The van der Waals surface area contributed by atoms with E-state index in [4.69, 9.17) is 29.4 Å². The highest BCUT2D eigenvalue weighted by atomic mass is 16.5. The molecule has 2 atom stereocenters. The van der Waals surface area contributed by atoms with Crippen molar-refractivity contribution in [1.29, 1.82) is 0 Å². The van der Waals surface area contributed by atoms with Crippen LogP contribution in [0.3, 0.4) is 0 Å². The highest BCUT2D eigenvalue weighted by Gasteiger charge is 2.55. The van der Waals surface area contributed by atoms with Crippen molar-refractivity contribution in [2.24, 2.45) is 0 Å². The molecule has 4 aromatic carbocycles. The van der Waals surface area contributed by atoms with Crippen LogP contribution in [0.2, 0.25) is 0 Å². The van der Waals surface area contributed by atoms with Crippen LogP contribution in [-0.4, -0.2) is 46.1 Å². The number of para-hydroxylation sites is 4. The summed E-state index contributed by atoms with van der Waals surface area (Å²) in [5.41, 5.74) is 8.94. The van der Waals surface area contributed by atoms with Gasteiger partial charge in [-0.2, -0.15) is 0 Å². The predicted octanol–water partition coefficient (Wildman–Crippen LogP) is 7.10. The monoisotopic (exact) mass is 620 g/mol. The summed E-state index contributed by atoms with van der Waals surface area (Å²) in [5, 5.41) is 0. The Balaban J connectivity index is 1.44. The minimum Gasteiger partial charge on any atom is -0.469 e. The third-order valence-electron chi connectivity index (χ3n) is 10.0. The Labute approximate surface area is 271 Å². The molecule has 0 aliphatic heterocycles. The number of methoxy groups -OCH3 is 2. The van der Waals surface area contributed by atoms with Crippen molar-refractivity contribution < 1.29 is 19.1 Å². The quantitative estimate of drug-likeness (QED) is 0.166. The van der Waals surface area contributed by atoms with Gasteiger partial charge in [0.2, 0.25) is 0 Å². The second-order valence-corrected chi connectivity index (χ2v) is 12.4. The summed E-state index contributed by atoms with van der Waals surface area (Å²) in [6.45, 7) is 0. The number of ether oxygens (including phenoxy) is 2. The molecule has 8 rings (SSSR count). The van der Waals surface area contributed by atoms with Crippen LogP contribution in [0, 0.1) is 0 Å². The molecule has 0 N–H and O–H groups in total. The molecule has 2 unspecified atom stereocenters. The molecule has 2 aliphatic rings. The maximum Gasteiger partial charge on any atom is 0.305 e. The topological polar surface area (TPSA) is 104 Å². The summed E-state index contributed by atoms with van der Waals surface area (Å²) >= 11 is 0. The SMILES string of the molecule is COC(=O)CCC1(CC2(CCC(=O)OC)c3ccccc3-c3nc4ccccc4nc32)c2ccccc2-c2nc3ccccc3nc21. The first-order chi connectivity index (χ1) is 23.0. The molecule has 0 saturated heterocycles. The number of carbonyl (C=O) groups excluding carboxylic acids is 2. The maximum absolute atomic E-state index is 12.9. The Hall–Kier alpha value is -5.50. The number of fused-ring (bicyclic) bond motifs is 8. The van der Waals surface area contributed by atoms with Gasteiger partial charge in [0.15, 0.2) is 0 Å². The molecule has 2 heterocycles. The van der Waals surface area contributed by atoms with E-state index in [2.05, 4.69) is 24.3 Å². The van der Waals surface area contributed by atoms with E-state index < -0.39 is 10.8 Å². The van der Waals surface area contributed by atoms with Gasteiger partial charge in [-0.3, -0.25) is 9.59 Å². The Morgan fingerprint density at radius 2 is 0.894 bits per heavy atom. The largest absolute Gasteiger partial charge is 0.469 e. The van der Waals surface area contributed by atoms with Gasteiger partial charge in [0.05, 0.1) is 59.1 Å². The fraction of sp³-hybridized carbons (Fsp3) is 0.231. The zero-order valence-electron chi connectivity index (χ0n) is 26.2. The molecule has 0 spiro atoms. The van der Waals surface area contributed by atoms with Crippen molar-refractivity contribution in [2.45, 2.75) is 42.9 Å². The number of nitrogens with zero attached hydrogens (tertiary/aromatic N) is 4. The third-order valence-corrected chi connectivity index (χ3v) is 10.0. The van der Waals surface area contributed by atoms with Crippen LogP contribution in [0.4, 0.5) is 0 Å². The average molecular weight is 621 g/mol. The van der Waals surface area contributed by atoms with Crippen molar-refractivity contribution in [3.05, 3.63) is 120 Å². The van der Waals surface area contributed by atoms with Gasteiger partial charge in [0, 0.05) is 34.8 Å². The number of hydrogen-bond acceptors (Lipinski definition) is 8. The van der Waals surface area contributed by atoms with Gasteiger partial charge in [-0.15, -0.1) is 0 Å². The molecular weight excluding hydrogens is 588 g/mol. The lowest BCUT2D eigenvalue weighted by Gasteiger charge is -2.41. The highest BCUT2D eigenvalue weighted by Crippen LogP contribution is 2.61. The molecule has 47 heavy (non-hydrogen) atoms. The van der Waals surface area contributed by atoms with Gasteiger partial charge in [-0.1, -0.05) is 72.8 Å². The minimum atomic E-state index is -0.782. The van der Waals surface area contributed by atoms with E-state index in [0.29, 0.717) is 19.3 Å². The Morgan fingerprint density at radius 1 is 0.532 bits per heavy atom. The van der Waals surface area contributed by atoms with Crippen LogP contribution < -0.4 is 0 Å². The highest BCUT2D eigenvalue weighted by molar-refractivity contribution is 5.87.